The third kappa shape index (κ3) is 2.16. The quantitative estimate of drug-likeness (QED) is 0.833. The molecule has 1 N–H and O–H groups in total. The molecule has 0 aromatic heterocycles. The lowest BCUT2D eigenvalue weighted by Gasteiger charge is -2.30. The molecule has 1 aliphatic rings. The first-order chi connectivity index (χ1) is 6.77. The van der Waals surface area contributed by atoms with Crippen LogP contribution in [0.2, 0.25) is 0 Å². The Morgan fingerprint density at radius 2 is 2.07 bits per heavy atom. The van der Waals surface area contributed by atoms with E-state index in [1.807, 2.05) is 0 Å². The molecule has 3 heteroatoms. The molecule has 0 radical (unpaired) electrons. The first-order valence-electron chi connectivity index (χ1n) is 4.88. The van der Waals surface area contributed by atoms with Crippen LogP contribution in [0.3, 0.4) is 0 Å². The minimum atomic E-state index is 0.192. The van der Waals surface area contributed by atoms with E-state index in [2.05, 4.69) is 52.4 Å². The molecule has 0 saturated carbocycles. The second-order valence-corrected chi connectivity index (χ2v) is 4.50. The van der Waals surface area contributed by atoms with Crippen molar-refractivity contribution >= 4 is 15.9 Å². The van der Waals surface area contributed by atoms with Gasteiger partial charge in [0.1, 0.15) is 0 Å². The number of benzene rings is 1. The normalized spacial score (nSPS) is 27.6. The third-order valence-electron chi connectivity index (χ3n) is 2.52. The highest BCUT2D eigenvalue weighted by Gasteiger charge is 2.22. The summed E-state index contributed by atoms with van der Waals surface area (Å²) in [5, 5.41) is 3.41. The molecule has 2 atom stereocenters. The molecule has 1 aromatic rings. The summed E-state index contributed by atoms with van der Waals surface area (Å²) in [4.78, 5) is 0. The van der Waals surface area contributed by atoms with E-state index < -0.39 is 0 Å². The molecule has 1 heterocycles. The molecule has 0 aliphatic carbocycles. The van der Waals surface area contributed by atoms with Crippen molar-refractivity contribution in [1.82, 2.24) is 5.32 Å². The van der Waals surface area contributed by atoms with Gasteiger partial charge in [-0.2, -0.15) is 0 Å². The topological polar surface area (TPSA) is 21.3 Å². The highest BCUT2D eigenvalue weighted by Crippen LogP contribution is 2.24. The number of rotatable bonds is 1. The molecule has 0 unspecified atom stereocenters. The van der Waals surface area contributed by atoms with E-state index in [4.69, 9.17) is 4.74 Å². The van der Waals surface area contributed by atoms with Crippen molar-refractivity contribution < 1.29 is 4.74 Å². The zero-order valence-electron chi connectivity index (χ0n) is 8.16. The van der Waals surface area contributed by atoms with Gasteiger partial charge in [-0.3, -0.25) is 0 Å². The fraction of sp³-hybridized carbons (Fsp3) is 0.455. The van der Waals surface area contributed by atoms with Crippen LogP contribution in [-0.4, -0.2) is 19.2 Å². The van der Waals surface area contributed by atoms with Crippen molar-refractivity contribution in [2.24, 2.45) is 0 Å². The molecule has 14 heavy (non-hydrogen) atoms. The summed E-state index contributed by atoms with van der Waals surface area (Å²) in [7, 11) is 0. The standard InChI is InChI=1S/C11H14BrNO/c1-8-11(14-7-6-13-8)9-2-4-10(12)5-3-9/h2-5,8,11,13H,6-7H2,1H3/t8-,11+/m0/s1. The number of halogens is 1. The molecule has 1 aliphatic heterocycles. The summed E-state index contributed by atoms with van der Waals surface area (Å²) in [5.41, 5.74) is 1.24. The van der Waals surface area contributed by atoms with Gasteiger partial charge in [0.25, 0.3) is 0 Å². The Bertz CT molecular complexity index is 299. The molecule has 0 bridgehead atoms. The molecule has 1 fully saturated rings. The number of morpholine rings is 1. The van der Waals surface area contributed by atoms with Gasteiger partial charge in [-0.05, 0) is 24.6 Å². The van der Waals surface area contributed by atoms with Crippen LogP contribution in [0.5, 0.6) is 0 Å². The van der Waals surface area contributed by atoms with E-state index >= 15 is 0 Å². The molecular formula is C11H14BrNO. The van der Waals surface area contributed by atoms with Crippen LogP contribution in [0.4, 0.5) is 0 Å². The summed E-state index contributed by atoms with van der Waals surface area (Å²) >= 11 is 3.43. The van der Waals surface area contributed by atoms with Crippen molar-refractivity contribution in [1.29, 1.82) is 0 Å². The smallest absolute Gasteiger partial charge is 0.0975 e. The van der Waals surface area contributed by atoms with E-state index in [0.29, 0.717) is 6.04 Å². The van der Waals surface area contributed by atoms with Crippen LogP contribution in [0, 0.1) is 0 Å². The third-order valence-corrected chi connectivity index (χ3v) is 3.05. The predicted octanol–water partition coefficient (Wildman–Crippen LogP) is 2.50. The van der Waals surface area contributed by atoms with E-state index in [1.165, 1.54) is 5.56 Å². The Kier molecular flexibility index (Phi) is 3.21. The van der Waals surface area contributed by atoms with Crippen molar-refractivity contribution in [3.63, 3.8) is 0 Å². The highest BCUT2D eigenvalue weighted by molar-refractivity contribution is 9.10. The summed E-state index contributed by atoms with van der Waals surface area (Å²) < 4.78 is 6.85. The van der Waals surface area contributed by atoms with Gasteiger partial charge in [-0.25, -0.2) is 0 Å². The van der Waals surface area contributed by atoms with Crippen LogP contribution in [0.1, 0.15) is 18.6 Å². The van der Waals surface area contributed by atoms with E-state index in [9.17, 15) is 0 Å². The number of hydrogen-bond donors (Lipinski definition) is 1. The van der Waals surface area contributed by atoms with Gasteiger partial charge in [0.05, 0.1) is 12.7 Å². The van der Waals surface area contributed by atoms with Crippen molar-refractivity contribution in [2.75, 3.05) is 13.2 Å². The lowest BCUT2D eigenvalue weighted by atomic mass is 10.0. The Morgan fingerprint density at radius 3 is 2.71 bits per heavy atom. The van der Waals surface area contributed by atoms with Gasteiger partial charge in [0.2, 0.25) is 0 Å². The average Bonchev–Trinajstić information content (AvgIpc) is 2.20. The summed E-state index contributed by atoms with van der Waals surface area (Å²) in [6.45, 7) is 3.91. The molecular weight excluding hydrogens is 242 g/mol. The van der Waals surface area contributed by atoms with Gasteiger partial charge in [0, 0.05) is 17.1 Å². The number of hydrogen-bond acceptors (Lipinski definition) is 2. The molecule has 76 valence electrons. The monoisotopic (exact) mass is 255 g/mol. The fourth-order valence-corrected chi connectivity index (χ4v) is 2.03. The summed E-state index contributed by atoms with van der Waals surface area (Å²) in [6.07, 6.45) is 0.192. The van der Waals surface area contributed by atoms with Crippen molar-refractivity contribution in [3.8, 4) is 0 Å². The van der Waals surface area contributed by atoms with Gasteiger partial charge >= 0.3 is 0 Å². The Morgan fingerprint density at radius 1 is 1.36 bits per heavy atom. The Balaban J connectivity index is 2.16. The van der Waals surface area contributed by atoms with Crippen LogP contribution >= 0.6 is 15.9 Å². The highest BCUT2D eigenvalue weighted by atomic mass is 79.9. The van der Waals surface area contributed by atoms with E-state index in [0.717, 1.165) is 17.6 Å². The zero-order valence-corrected chi connectivity index (χ0v) is 9.75. The molecule has 1 aromatic carbocycles. The zero-order chi connectivity index (χ0) is 9.97. The fourth-order valence-electron chi connectivity index (χ4n) is 1.76. The molecule has 1 saturated heterocycles. The van der Waals surface area contributed by atoms with E-state index in [-0.39, 0.29) is 6.10 Å². The van der Waals surface area contributed by atoms with Gasteiger partial charge in [0.15, 0.2) is 0 Å². The van der Waals surface area contributed by atoms with Gasteiger partial charge < -0.3 is 10.1 Å². The Hall–Kier alpha value is -0.380. The SMILES string of the molecule is C[C@@H]1NCCO[C@H]1c1ccc(Br)cc1. The molecule has 2 rings (SSSR count). The van der Waals surface area contributed by atoms with E-state index in [1.54, 1.807) is 0 Å². The van der Waals surface area contributed by atoms with Crippen molar-refractivity contribution in [2.45, 2.75) is 19.1 Å². The Labute approximate surface area is 92.8 Å². The van der Waals surface area contributed by atoms with Gasteiger partial charge in [-0.15, -0.1) is 0 Å². The first kappa shape index (κ1) is 10.1. The number of nitrogens with one attached hydrogen (secondary N) is 1. The maximum absolute atomic E-state index is 5.74. The largest absolute Gasteiger partial charge is 0.371 e. The molecule has 0 amide bonds. The number of ether oxygens (including phenoxy) is 1. The summed E-state index contributed by atoms with van der Waals surface area (Å²) in [5.74, 6) is 0. The second kappa shape index (κ2) is 4.43. The lowest BCUT2D eigenvalue weighted by molar-refractivity contribution is -0.000228. The van der Waals surface area contributed by atoms with Crippen molar-refractivity contribution in [3.05, 3.63) is 34.3 Å². The van der Waals surface area contributed by atoms with Crippen LogP contribution in [0.25, 0.3) is 0 Å². The average molecular weight is 256 g/mol. The van der Waals surface area contributed by atoms with Crippen LogP contribution in [-0.2, 0) is 4.74 Å². The minimum Gasteiger partial charge on any atom is -0.371 e. The molecule has 2 nitrogen and oxygen atoms in total. The first-order valence-corrected chi connectivity index (χ1v) is 5.67. The van der Waals surface area contributed by atoms with Crippen LogP contribution < -0.4 is 5.32 Å². The maximum atomic E-state index is 5.74. The lowest BCUT2D eigenvalue weighted by Crippen LogP contribution is -2.41. The summed E-state index contributed by atoms with van der Waals surface area (Å²) in [6, 6.07) is 8.72. The van der Waals surface area contributed by atoms with Gasteiger partial charge in [-0.1, -0.05) is 28.1 Å². The maximum Gasteiger partial charge on any atom is 0.0975 e. The minimum absolute atomic E-state index is 0.192. The van der Waals surface area contributed by atoms with Crippen LogP contribution in [0.15, 0.2) is 28.7 Å². The second-order valence-electron chi connectivity index (χ2n) is 3.59. The molecule has 0 spiro atoms. The predicted molar refractivity (Wildman–Crippen MR) is 60.3 cm³/mol.